The van der Waals surface area contributed by atoms with Gasteiger partial charge in [0.2, 0.25) is 17.7 Å². The van der Waals surface area contributed by atoms with Gasteiger partial charge in [-0.25, -0.2) is 4.79 Å². The summed E-state index contributed by atoms with van der Waals surface area (Å²) in [5.41, 5.74) is 4.65. The van der Waals surface area contributed by atoms with Crippen molar-refractivity contribution in [3.63, 3.8) is 0 Å². The molecule has 0 aromatic rings. The van der Waals surface area contributed by atoms with E-state index in [4.69, 9.17) is 34.9 Å². The average Bonchev–Trinajstić information content (AvgIpc) is 3.13. The van der Waals surface area contributed by atoms with E-state index < -0.39 is 23.9 Å². The lowest BCUT2D eigenvalue weighted by Gasteiger charge is -2.16. The van der Waals surface area contributed by atoms with Crippen LogP contribution in [0.2, 0.25) is 0 Å². The summed E-state index contributed by atoms with van der Waals surface area (Å²) in [5, 5.41) is 22.8. The number of carbonyl (C=O) groups is 6. The van der Waals surface area contributed by atoms with Gasteiger partial charge in [-0.3, -0.25) is 24.0 Å². The number of hydrogen-bond acceptors (Lipinski definition) is 10. The molecule has 0 aromatic carbocycles. The smallest absolute Gasteiger partial charge is 0.326 e. The summed E-state index contributed by atoms with van der Waals surface area (Å²) in [7, 11) is 0. The Balaban J connectivity index is 0. The van der Waals surface area contributed by atoms with Crippen molar-refractivity contribution in [3.05, 3.63) is 0 Å². The molecule has 0 unspecified atom stereocenters. The van der Waals surface area contributed by atoms with Gasteiger partial charge in [0, 0.05) is 37.8 Å². The molecule has 0 aliphatic heterocycles. The van der Waals surface area contributed by atoms with Crippen LogP contribution in [-0.4, -0.2) is 111 Å². The van der Waals surface area contributed by atoms with Gasteiger partial charge in [0.1, 0.15) is 19.3 Å². The Labute approximate surface area is 336 Å². The number of unbranched alkanes of at least 4 members (excludes halogenated alkanes) is 15. The van der Waals surface area contributed by atoms with E-state index in [9.17, 15) is 28.8 Å². The third-order valence-electron chi connectivity index (χ3n) is 8.68. The third-order valence-corrected chi connectivity index (χ3v) is 8.68. The van der Waals surface area contributed by atoms with Crippen LogP contribution in [0.4, 0.5) is 0 Å². The molecule has 15 heteroatoms. The SMILES string of the molecule is CCOCCOCC(=O)NCCOCCOCC(=O)C(C)(C)C.NC(=O)CC[C@H](NC(=O)CCCCCCCCCCCCCCCCCCC(=O)O)C(=O)O. The van der Waals surface area contributed by atoms with E-state index in [0.29, 0.717) is 59.0 Å². The maximum absolute atomic E-state index is 11.9. The van der Waals surface area contributed by atoms with Crippen LogP contribution in [0.15, 0.2) is 0 Å². The van der Waals surface area contributed by atoms with Crippen molar-refractivity contribution in [3.8, 4) is 0 Å². The standard InChI is InChI=1S/C25H46N2O6.C16H31NO6/c26-22(28)20-19-21(25(32)33)27-23(29)17-15-13-11-9-7-5-3-1-2-4-6-8-10-12-14-16-18-24(30)31;1-5-20-8-10-23-13-15(19)17-6-7-21-9-11-22-12-14(18)16(2,3)4/h21H,1-20H2,(H2,26,28)(H,27,29)(H,30,31)(H,32,33);5-13H2,1-4H3,(H,17,19)/t21-;/m0./s1. The largest absolute Gasteiger partial charge is 0.481 e. The summed E-state index contributed by atoms with van der Waals surface area (Å²) in [5.74, 6) is -2.82. The number of ether oxygens (including phenoxy) is 4. The molecule has 1 atom stereocenters. The molecule has 328 valence electrons. The number of aliphatic carboxylic acids is 2. The highest BCUT2D eigenvalue weighted by atomic mass is 16.5. The average molecular weight is 804 g/mol. The molecule has 0 fully saturated rings. The van der Waals surface area contributed by atoms with Crippen molar-refractivity contribution in [2.75, 3.05) is 59.4 Å². The first-order chi connectivity index (χ1) is 26.7. The predicted molar refractivity (Wildman–Crippen MR) is 215 cm³/mol. The van der Waals surface area contributed by atoms with Crippen LogP contribution in [0.1, 0.15) is 156 Å². The minimum atomic E-state index is -1.14. The lowest BCUT2D eigenvalue weighted by molar-refractivity contribution is -0.142. The first-order valence-electron chi connectivity index (χ1n) is 20.8. The summed E-state index contributed by atoms with van der Waals surface area (Å²) in [4.78, 5) is 67.2. The number of rotatable bonds is 38. The Morgan fingerprint density at radius 3 is 1.46 bits per heavy atom. The molecule has 0 bridgehead atoms. The van der Waals surface area contributed by atoms with Crippen LogP contribution in [0, 0.1) is 5.41 Å². The van der Waals surface area contributed by atoms with E-state index in [0.717, 1.165) is 38.5 Å². The summed E-state index contributed by atoms with van der Waals surface area (Å²) in [6, 6.07) is -1.06. The van der Waals surface area contributed by atoms with Crippen molar-refractivity contribution in [2.24, 2.45) is 11.1 Å². The van der Waals surface area contributed by atoms with Gasteiger partial charge >= 0.3 is 11.9 Å². The number of nitrogens with two attached hydrogens (primary N) is 1. The Morgan fingerprint density at radius 1 is 0.571 bits per heavy atom. The fraction of sp³-hybridized carbons (Fsp3) is 0.854. The molecule has 0 aromatic heterocycles. The Morgan fingerprint density at radius 2 is 1.02 bits per heavy atom. The van der Waals surface area contributed by atoms with Gasteiger partial charge in [-0.1, -0.05) is 111 Å². The van der Waals surface area contributed by atoms with E-state index in [-0.39, 0.29) is 49.1 Å². The maximum atomic E-state index is 11.9. The molecule has 0 spiro atoms. The van der Waals surface area contributed by atoms with Gasteiger partial charge in [-0.15, -0.1) is 0 Å². The van der Waals surface area contributed by atoms with Crippen molar-refractivity contribution in [1.82, 2.24) is 10.6 Å². The molecular weight excluding hydrogens is 726 g/mol. The number of carboxylic acid groups (broad SMARTS) is 2. The van der Waals surface area contributed by atoms with Gasteiger partial charge in [0.25, 0.3) is 0 Å². The number of amides is 3. The molecule has 3 amide bonds. The number of Topliss-reactive ketones (excluding diaryl/α,β-unsaturated/α-hetero) is 1. The van der Waals surface area contributed by atoms with E-state index in [1.165, 1.54) is 64.2 Å². The zero-order valence-corrected chi connectivity index (χ0v) is 35.1. The second kappa shape index (κ2) is 38.7. The maximum Gasteiger partial charge on any atom is 0.326 e. The molecule has 0 rings (SSSR count). The molecule has 56 heavy (non-hydrogen) atoms. The molecule has 0 saturated carbocycles. The number of ketones is 1. The van der Waals surface area contributed by atoms with Crippen molar-refractivity contribution < 1.29 is 57.9 Å². The van der Waals surface area contributed by atoms with Gasteiger partial charge in [-0.05, 0) is 26.2 Å². The molecule has 0 aliphatic rings. The Hall–Kier alpha value is -3.14. The number of carboxylic acids is 2. The molecule has 0 aliphatic carbocycles. The minimum absolute atomic E-state index is 0.0189. The van der Waals surface area contributed by atoms with Crippen molar-refractivity contribution in [2.45, 2.75) is 162 Å². The lowest BCUT2D eigenvalue weighted by atomic mass is 9.91. The number of carbonyl (C=O) groups excluding carboxylic acids is 4. The van der Waals surface area contributed by atoms with Crippen LogP contribution in [0.3, 0.4) is 0 Å². The molecular formula is C41H77N3O12. The summed E-state index contributed by atoms with van der Waals surface area (Å²) in [6.07, 6.45) is 18.9. The molecule has 0 radical (unpaired) electrons. The summed E-state index contributed by atoms with van der Waals surface area (Å²) >= 11 is 0. The highest BCUT2D eigenvalue weighted by molar-refractivity contribution is 5.85. The Kier molecular flexibility index (Phi) is 38.0. The van der Waals surface area contributed by atoms with Crippen molar-refractivity contribution >= 4 is 35.4 Å². The highest BCUT2D eigenvalue weighted by Gasteiger charge is 2.21. The lowest BCUT2D eigenvalue weighted by Crippen LogP contribution is -2.41. The van der Waals surface area contributed by atoms with Gasteiger partial charge in [0.15, 0.2) is 5.78 Å². The molecule has 15 nitrogen and oxygen atoms in total. The van der Waals surface area contributed by atoms with E-state index in [2.05, 4.69) is 10.6 Å². The third kappa shape index (κ3) is 42.0. The number of primary amides is 1. The van der Waals surface area contributed by atoms with Gasteiger partial charge < -0.3 is 45.5 Å². The topological polar surface area (TPSA) is 230 Å². The fourth-order valence-electron chi connectivity index (χ4n) is 5.19. The van der Waals surface area contributed by atoms with Crippen molar-refractivity contribution in [1.29, 1.82) is 0 Å². The van der Waals surface area contributed by atoms with Gasteiger partial charge in [0.05, 0.1) is 33.0 Å². The first kappa shape index (κ1) is 55.0. The quantitative estimate of drug-likeness (QED) is 0.0471. The van der Waals surface area contributed by atoms with Crippen LogP contribution in [0.25, 0.3) is 0 Å². The minimum Gasteiger partial charge on any atom is -0.481 e. The highest BCUT2D eigenvalue weighted by Crippen LogP contribution is 2.15. The zero-order chi connectivity index (χ0) is 42.3. The molecule has 0 saturated heterocycles. The van der Waals surface area contributed by atoms with Crippen LogP contribution in [-0.2, 0) is 47.7 Å². The fourth-order valence-corrected chi connectivity index (χ4v) is 5.19. The number of nitrogens with one attached hydrogen (secondary N) is 2. The van der Waals surface area contributed by atoms with Crippen LogP contribution < -0.4 is 16.4 Å². The zero-order valence-electron chi connectivity index (χ0n) is 35.1. The van der Waals surface area contributed by atoms with E-state index in [1.54, 1.807) is 0 Å². The first-order valence-corrected chi connectivity index (χ1v) is 20.8. The second-order valence-corrected chi connectivity index (χ2v) is 15.0. The van der Waals surface area contributed by atoms with E-state index >= 15 is 0 Å². The Bertz CT molecular complexity index is 1040. The molecule has 0 heterocycles. The normalized spacial score (nSPS) is 11.6. The number of hydrogen-bond donors (Lipinski definition) is 5. The van der Waals surface area contributed by atoms with Crippen LogP contribution in [0.5, 0.6) is 0 Å². The summed E-state index contributed by atoms with van der Waals surface area (Å²) in [6.45, 7) is 10.7. The summed E-state index contributed by atoms with van der Waals surface area (Å²) < 4.78 is 20.8. The van der Waals surface area contributed by atoms with Crippen LogP contribution >= 0.6 is 0 Å². The van der Waals surface area contributed by atoms with Gasteiger partial charge in [-0.2, -0.15) is 0 Å². The molecule has 6 N–H and O–H groups in total. The van der Waals surface area contributed by atoms with E-state index in [1.807, 2.05) is 27.7 Å². The predicted octanol–water partition coefficient (Wildman–Crippen LogP) is 5.73. The monoisotopic (exact) mass is 804 g/mol. The second-order valence-electron chi connectivity index (χ2n) is 15.0.